The standard InChI is InChI=1S/C35H47N5O7S/c1-22(2)19-28(39-29(41)20-23-15-17-25(18-16-23)37-34(48)36-24-11-7-6-8-12-24)31(43)40-27(33(46)47)14-10-9-13-26(32(44)45)38-30(42)21-35(3,4)5/h6-12,15-18,22,26-28H,13-14,19-21H2,1-5H3,(H,38,42)(H,39,41)(H,40,43)(H,44,45)(H,46,47)(H2,36,37,48)/b10-9+. The maximum Gasteiger partial charge on any atom is 0.326 e. The minimum atomic E-state index is -1.32. The highest BCUT2D eigenvalue weighted by Crippen LogP contribution is 2.18. The lowest BCUT2D eigenvalue weighted by Gasteiger charge is -2.22. The number of carbonyl (C=O) groups is 5. The van der Waals surface area contributed by atoms with Crippen molar-refractivity contribution in [2.45, 2.75) is 84.8 Å². The van der Waals surface area contributed by atoms with E-state index in [0.717, 1.165) is 11.4 Å². The first-order chi connectivity index (χ1) is 22.5. The number of nitrogens with one attached hydrogen (secondary N) is 5. The number of hydrogen-bond acceptors (Lipinski definition) is 6. The Labute approximate surface area is 287 Å². The molecule has 0 aromatic heterocycles. The summed E-state index contributed by atoms with van der Waals surface area (Å²) < 4.78 is 0. The molecule has 0 saturated heterocycles. The minimum absolute atomic E-state index is 0.00298. The summed E-state index contributed by atoms with van der Waals surface area (Å²) in [4.78, 5) is 61.8. The molecule has 0 fully saturated rings. The zero-order chi connectivity index (χ0) is 35.9. The number of thiocarbonyl (C=S) groups is 1. The van der Waals surface area contributed by atoms with Gasteiger partial charge in [0, 0.05) is 17.8 Å². The second-order valence-electron chi connectivity index (χ2n) is 13.1. The Morgan fingerprint density at radius 2 is 1.23 bits per heavy atom. The fraction of sp³-hybridized carbons (Fsp3) is 0.429. The van der Waals surface area contributed by atoms with Crippen LogP contribution in [-0.4, -0.2) is 63.1 Å². The third-order valence-corrected chi connectivity index (χ3v) is 7.02. The maximum atomic E-state index is 13.2. The Bertz CT molecular complexity index is 1440. The quantitative estimate of drug-likeness (QED) is 0.0928. The molecule has 12 nitrogen and oxygen atoms in total. The number of carbonyl (C=O) groups excluding carboxylic acids is 3. The molecule has 3 atom stereocenters. The fourth-order valence-corrected chi connectivity index (χ4v) is 4.80. The first-order valence-electron chi connectivity index (χ1n) is 15.7. The highest BCUT2D eigenvalue weighted by molar-refractivity contribution is 7.80. The Morgan fingerprint density at radius 3 is 1.73 bits per heavy atom. The molecule has 2 aromatic carbocycles. The van der Waals surface area contributed by atoms with Crippen molar-refractivity contribution in [3.8, 4) is 0 Å². The molecule has 2 aromatic rings. The van der Waals surface area contributed by atoms with Crippen LogP contribution in [0.1, 0.15) is 65.9 Å². The van der Waals surface area contributed by atoms with Gasteiger partial charge in [0.2, 0.25) is 17.7 Å². The molecule has 3 unspecified atom stereocenters. The van der Waals surface area contributed by atoms with E-state index >= 15 is 0 Å². The number of amides is 3. The van der Waals surface area contributed by atoms with Gasteiger partial charge in [-0.3, -0.25) is 14.4 Å². The largest absolute Gasteiger partial charge is 0.480 e. The molecule has 0 bridgehead atoms. The molecule has 0 aliphatic heterocycles. The molecule has 0 spiro atoms. The molecule has 48 heavy (non-hydrogen) atoms. The lowest BCUT2D eigenvalue weighted by atomic mass is 9.92. The fourth-order valence-electron chi connectivity index (χ4n) is 4.56. The number of para-hydroxylation sites is 1. The molecule has 7 N–H and O–H groups in total. The summed E-state index contributed by atoms with van der Waals surface area (Å²) in [6.45, 7) is 9.35. The van der Waals surface area contributed by atoms with E-state index in [2.05, 4.69) is 26.6 Å². The van der Waals surface area contributed by atoms with Crippen LogP contribution in [0, 0.1) is 11.3 Å². The van der Waals surface area contributed by atoms with Gasteiger partial charge >= 0.3 is 11.9 Å². The molecule has 0 aliphatic carbocycles. The zero-order valence-corrected chi connectivity index (χ0v) is 28.9. The van der Waals surface area contributed by atoms with Crippen molar-refractivity contribution in [1.82, 2.24) is 16.0 Å². The van der Waals surface area contributed by atoms with Crippen LogP contribution in [0.15, 0.2) is 66.7 Å². The predicted octanol–water partition coefficient (Wildman–Crippen LogP) is 4.48. The second-order valence-corrected chi connectivity index (χ2v) is 13.5. The number of carboxylic acids is 2. The number of anilines is 2. The zero-order valence-electron chi connectivity index (χ0n) is 28.0. The topological polar surface area (TPSA) is 186 Å². The Hall–Kier alpha value is -4.78. The summed E-state index contributed by atoms with van der Waals surface area (Å²) in [5.74, 6) is -3.94. The van der Waals surface area contributed by atoms with Crippen LogP contribution < -0.4 is 26.6 Å². The second kappa shape index (κ2) is 19.1. The smallest absolute Gasteiger partial charge is 0.326 e. The first kappa shape index (κ1) is 39.4. The average molecular weight is 682 g/mol. The van der Waals surface area contributed by atoms with Crippen molar-refractivity contribution < 1.29 is 34.2 Å². The van der Waals surface area contributed by atoms with E-state index in [1.165, 1.54) is 12.2 Å². The molecule has 2 rings (SSSR count). The van der Waals surface area contributed by atoms with Gasteiger partial charge in [0.15, 0.2) is 5.11 Å². The molecule has 260 valence electrons. The van der Waals surface area contributed by atoms with Crippen LogP contribution in [0.2, 0.25) is 0 Å². The predicted molar refractivity (Wildman–Crippen MR) is 189 cm³/mol. The van der Waals surface area contributed by atoms with Crippen LogP contribution in [-0.2, 0) is 30.4 Å². The van der Waals surface area contributed by atoms with E-state index < -0.39 is 47.8 Å². The number of hydrogen-bond donors (Lipinski definition) is 7. The van der Waals surface area contributed by atoms with Gasteiger partial charge in [-0.2, -0.15) is 0 Å². The van der Waals surface area contributed by atoms with Gasteiger partial charge in [-0.05, 0) is 72.6 Å². The SMILES string of the molecule is CC(C)CC(NC(=O)Cc1ccc(NC(=S)Nc2ccccc2)cc1)C(=O)NC(C/C=C/CC(NC(=O)CC(C)(C)C)C(=O)O)C(=O)O. The Balaban J connectivity index is 1.95. The van der Waals surface area contributed by atoms with E-state index in [9.17, 15) is 34.2 Å². The van der Waals surface area contributed by atoms with Crippen molar-refractivity contribution in [2.24, 2.45) is 11.3 Å². The number of benzene rings is 2. The number of carboxylic acid groups (broad SMARTS) is 2. The summed E-state index contributed by atoms with van der Waals surface area (Å²) in [5.41, 5.74) is 1.95. The van der Waals surface area contributed by atoms with Crippen LogP contribution in [0.4, 0.5) is 11.4 Å². The van der Waals surface area contributed by atoms with Gasteiger partial charge < -0.3 is 36.8 Å². The van der Waals surface area contributed by atoms with Gasteiger partial charge in [0.1, 0.15) is 18.1 Å². The number of aliphatic carboxylic acids is 2. The van der Waals surface area contributed by atoms with Gasteiger partial charge in [-0.1, -0.05) is 77.1 Å². The first-order valence-corrected chi connectivity index (χ1v) is 16.1. The van der Waals surface area contributed by atoms with E-state index in [1.54, 1.807) is 24.3 Å². The van der Waals surface area contributed by atoms with Crippen molar-refractivity contribution in [1.29, 1.82) is 0 Å². The molecule has 0 aliphatic rings. The molecule has 3 amide bonds. The molecule has 0 radical (unpaired) electrons. The van der Waals surface area contributed by atoms with Crippen molar-refractivity contribution in [3.63, 3.8) is 0 Å². The summed E-state index contributed by atoms with van der Waals surface area (Å²) in [6, 6.07) is 13.1. The van der Waals surface area contributed by atoms with E-state index in [4.69, 9.17) is 12.2 Å². The Morgan fingerprint density at radius 1 is 0.729 bits per heavy atom. The van der Waals surface area contributed by atoms with Crippen LogP contribution in [0.25, 0.3) is 0 Å². The summed E-state index contributed by atoms with van der Waals surface area (Å²) in [6.07, 6.45) is 3.14. The van der Waals surface area contributed by atoms with E-state index in [1.807, 2.05) is 65.0 Å². The molecular weight excluding hydrogens is 634 g/mol. The maximum absolute atomic E-state index is 13.2. The molecular formula is C35H47N5O7S. The third-order valence-electron chi connectivity index (χ3n) is 6.82. The molecule has 13 heteroatoms. The van der Waals surface area contributed by atoms with Crippen molar-refractivity contribution >= 4 is 58.4 Å². The molecule has 0 saturated carbocycles. The highest BCUT2D eigenvalue weighted by atomic mass is 32.1. The monoisotopic (exact) mass is 681 g/mol. The lowest BCUT2D eigenvalue weighted by Crippen LogP contribution is -2.52. The van der Waals surface area contributed by atoms with Crippen LogP contribution in [0.5, 0.6) is 0 Å². The minimum Gasteiger partial charge on any atom is -0.480 e. The van der Waals surface area contributed by atoms with Gasteiger partial charge in [0.25, 0.3) is 0 Å². The van der Waals surface area contributed by atoms with E-state index in [0.29, 0.717) is 10.7 Å². The average Bonchev–Trinajstić information content (AvgIpc) is 2.97. The van der Waals surface area contributed by atoms with E-state index in [-0.39, 0.29) is 43.4 Å². The summed E-state index contributed by atoms with van der Waals surface area (Å²) >= 11 is 5.35. The van der Waals surface area contributed by atoms with Crippen molar-refractivity contribution in [3.05, 3.63) is 72.3 Å². The van der Waals surface area contributed by atoms with Crippen LogP contribution >= 0.6 is 12.2 Å². The lowest BCUT2D eigenvalue weighted by molar-refractivity contribution is -0.142. The van der Waals surface area contributed by atoms with Gasteiger partial charge in [-0.15, -0.1) is 0 Å². The molecule has 0 heterocycles. The Kier molecular flexibility index (Phi) is 15.7. The summed E-state index contributed by atoms with van der Waals surface area (Å²) in [5, 5.41) is 33.5. The highest BCUT2D eigenvalue weighted by Gasteiger charge is 2.27. The van der Waals surface area contributed by atoms with Crippen LogP contribution in [0.3, 0.4) is 0 Å². The third kappa shape index (κ3) is 15.7. The normalized spacial score (nSPS) is 13.2. The summed E-state index contributed by atoms with van der Waals surface area (Å²) in [7, 11) is 0. The van der Waals surface area contributed by atoms with Gasteiger partial charge in [-0.25, -0.2) is 9.59 Å². The van der Waals surface area contributed by atoms with Gasteiger partial charge in [0.05, 0.1) is 6.42 Å². The van der Waals surface area contributed by atoms with Crippen molar-refractivity contribution in [2.75, 3.05) is 10.6 Å². The number of rotatable bonds is 17.